The van der Waals surface area contributed by atoms with Crippen molar-refractivity contribution >= 4 is 222 Å². The van der Waals surface area contributed by atoms with Gasteiger partial charge in [-0.25, -0.2) is 44.9 Å². The number of pyridine rings is 4. The lowest BCUT2D eigenvalue weighted by Crippen LogP contribution is -2.29. The predicted molar refractivity (Wildman–Crippen MR) is 443 cm³/mol. The maximum atomic E-state index is 6.75. The van der Waals surface area contributed by atoms with Gasteiger partial charge < -0.3 is 49.4 Å². The van der Waals surface area contributed by atoms with E-state index in [0.717, 1.165) is 52.7 Å². The number of imidazole rings is 2. The van der Waals surface area contributed by atoms with Gasteiger partial charge >= 0.3 is 0 Å². The summed E-state index contributed by atoms with van der Waals surface area (Å²) >= 11 is 75.3. The average Bonchev–Trinajstić information content (AvgIpc) is 1.70. The molecule has 0 unspecified atom stereocenters. The van der Waals surface area contributed by atoms with Crippen LogP contribution in [0.2, 0.25) is 56.0 Å². The van der Waals surface area contributed by atoms with E-state index >= 15 is 0 Å². The number of rotatable bonds is 16. The van der Waals surface area contributed by atoms with E-state index in [1.165, 1.54) is 73.7 Å². The van der Waals surface area contributed by atoms with Crippen molar-refractivity contribution in [1.29, 1.82) is 0 Å². The molecule has 25 nitrogen and oxygen atoms in total. The van der Waals surface area contributed by atoms with Gasteiger partial charge in [0.25, 0.3) is 0 Å². The molecule has 15 rings (SSSR count). The third kappa shape index (κ3) is 16.4. The fourth-order valence-electron chi connectivity index (χ4n) is 12.1. The number of benzene rings is 4. The van der Waals surface area contributed by atoms with E-state index in [-0.39, 0.29) is 27.5 Å². The second kappa shape index (κ2) is 35.3. The number of methoxy groups -OCH3 is 8. The number of likely N-dealkylation sites (tertiary alicyclic amines) is 1. The lowest BCUT2D eigenvalue weighted by molar-refractivity contribution is 0.219. The van der Waals surface area contributed by atoms with Crippen LogP contribution in [0, 0.1) is 0 Å². The molecule has 570 valence electrons. The maximum Gasteiger partial charge on any atom is 0.224 e. The van der Waals surface area contributed by atoms with Crippen LogP contribution in [0.1, 0.15) is 30.7 Å². The fraction of sp³-hybridized carbons (Fsp3) is 0.222. The van der Waals surface area contributed by atoms with Crippen molar-refractivity contribution in [3.8, 4) is 90.5 Å². The normalized spacial score (nSPS) is 12.2. The van der Waals surface area contributed by atoms with Crippen molar-refractivity contribution in [2.75, 3.05) is 87.7 Å². The Kier molecular flexibility index (Phi) is 26.1. The van der Waals surface area contributed by atoms with Gasteiger partial charge in [-0.05, 0) is 91.3 Å². The van der Waals surface area contributed by atoms with Crippen LogP contribution in [0.15, 0.2) is 90.9 Å². The lowest BCUT2D eigenvalue weighted by atomic mass is 10.0. The van der Waals surface area contributed by atoms with Gasteiger partial charge in [0.15, 0.2) is 27.7 Å². The van der Waals surface area contributed by atoms with Crippen LogP contribution in [0.5, 0.6) is 46.0 Å². The Labute approximate surface area is 695 Å². The molecule has 0 saturated carbocycles. The number of thioether (sulfide) groups is 1. The van der Waals surface area contributed by atoms with Gasteiger partial charge in [0.05, 0.1) is 108 Å². The molecule has 1 aliphatic heterocycles. The van der Waals surface area contributed by atoms with Crippen molar-refractivity contribution in [3.63, 3.8) is 0 Å². The molecule has 11 heterocycles. The number of anilines is 2. The molecule has 14 aromatic rings. The minimum absolute atomic E-state index is 0.0845. The fourth-order valence-corrected chi connectivity index (χ4v) is 15.9. The van der Waals surface area contributed by atoms with Crippen LogP contribution in [-0.4, -0.2) is 150 Å². The molecule has 0 radical (unpaired) electrons. The first-order valence-corrected chi connectivity index (χ1v) is 38.9. The highest BCUT2D eigenvalue weighted by atomic mass is 79.9. The van der Waals surface area contributed by atoms with Crippen LogP contribution in [-0.2, 0) is 11.9 Å². The van der Waals surface area contributed by atoms with Crippen LogP contribution in [0.3, 0.4) is 0 Å². The third-order valence-electron chi connectivity index (χ3n) is 17.3. The topological polar surface area (TPSA) is 293 Å². The first kappa shape index (κ1) is 81.4. The number of fused-ring (bicyclic) bond motifs is 8. The Morgan fingerprint density at radius 1 is 0.373 bits per heavy atom. The molecule has 110 heavy (non-hydrogen) atoms. The number of piperidine rings is 1. The quantitative estimate of drug-likeness (QED) is 0.0516. The minimum atomic E-state index is 0.0845. The third-order valence-corrected chi connectivity index (χ3v) is 21.9. The maximum absolute atomic E-state index is 6.75. The predicted octanol–water partition coefficient (Wildman–Crippen LogP) is 20.3. The summed E-state index contributed by atoms with van der Waals surface area (Å²) in [4.78, 5) is 54.3. The van der Waals surface area contributed by atoms with Gasteiger partial charge in [0.2, 0.25) is 15.9 Å². The standard InChI is InChI=1S/C23H22Cl3N5O2.C18H12BrCl3N4O2.C16H14Cl2N4O2S.C15H11Cl3N4O2/c1-32-16-9-17(33-2)20(25)18(19(16)24)15-8-13-10-27-23(26)29-21(13)31-12-14(28-22(15)31)11-30-6-4-3-5-7-30;1-27-11-4-12(28-2)15(21)13(14(11)20)10-3-8-6-23-18(22)25-16(8)26-7-9(5-19)24-17(10)26;1-23-9-5-10(24-2)13(18)11(12(9)17)8-4-7-6-20-16(25-3)22-15(7)21-14(8)19;1-23-8-4-9(24-2)12(17)10(11(8)16)7-3-6-5-20-15(18)22-14(6)21-13(7)19/h8-10,12H,3-7,11H2,1-2H3;3-4,6-7H,5H2,1-2H3;4-6H,1-3H3,(H2,19,20,21,22);3-5H,1-2H3,(H2,19,20,21,22). The Morgan fingerprint density at radius 3 is 1.05 bits per heavy atom. The zero-order valence-electron chi connectivity index (χ0n) is 59.1. The van der Waals surface area contributed by atoms with Crippen LogP contribution >= 0.6 is 155 Å². The largest absolute Gasteiger partial charge is 0.495 e. The van der Waals surface area contributed by atoms with Gasteiger partial charge in [0, 0.05) is 139 Å². The Morgan fingerprint density at radius 2 is 0.691 bits per heavy atom. The van der Waals surface area contributed by atoms with Crippen LogP contribution < -0.4 is 49.4 Å². The zero-order valence-corrected chi connectivity index (χ0v) is 69.8. The summed E-state index contributed by atoms with van der Waals surface area (Å²) in [5, 5.41) is 7.16. The molecule has 0 spiro atoms. The second-order valence-corrected chi connectivity index (χ2v) is 28.9. The summed E-state index contributed by atoms with van der Waals surface area (Å²) in [6.45, 7) is 2.89. The van der Waals surface area contributed by atoms with Gasteiger partial charge in [-0.1, -0.05) is 127 Å². The number of nitrogens with two attached hydrogens (primary N) is 2. The van der Waals surface area contributed by atoms with E-state index in [1.807, 2.05) is 39.6 Å². The van der Waals surface area contributed by atoms with E-state index in [4.69, 9.17) is 187 Å². The first-order valence-electron chi connectivity index (χ1n) is 32.4. The molecule has 1 saturated heterocycles. The summed E-state index contributed by atoms with van der Waals surface area (Å²) in [5.74, 6) is 3.88. The molecule has 0 bridgehead atoms. The molecule has 0 aliphatic carbocycles. The van der Waals surface area contributed by atoms with Crippen molar-refractivity contribution in [2.24, 2.45) is 0 Å². The number of aromatic nitrogens is 14. The molecule has 38 heteroatoms. The van der Waals surface area contributed by atoms with Crippen molar-refractivity contribution < 1.29 is 37.9 Å². The van der Waals surface area contributed by atoms with Crippen LogP contribution in [0.4, 0.5) is 11.6 Å². The number of hydrogen-bond donors (Lipinski definition) is 2. The van der Waals surface area contributed by atoms with Gasteiger partial charge in [0.1, 0.15) is 68.9 Å². The number of alkyl halides is 1. The summed E-state index contributed by atoms with van der Waals surface area (Å²) in [7, 11) is 12.2. The van der Waals surface area contributed by atoms with Crippen molar-refractivity contribution in [2.45, 2.75) is 36.3 Å². The summed E-state index contributed by atoms with van der Waals surface area (Å²) in [5.41, 5.74) is 22.0. The number of nitrogens with zero attached hydrogens (tertiary/aromatic N) is 15. The van der Waals surface area contributed by atoms with E-state index in [9.17, 15) is 0 Å². The SMILES string of the molecule is COc1cc(OC)c(Cl)c(-c2cc3cnc(Cl)nc3n3cc(CBr)nc23)c1Cl.COc1cc(OC)c(Cl)c(-c2cc3cnc(Cl)nc3n3cc(CN4CCCCC4)nc23)c1Cl.COc1cc(OC)c(Cl)c(-c2cc3cnc(Cl)nc3nc2N)c1Cl.COc1cc(OC)c(Cl)c(-c2cc3cnc(SC)nc3nc2N)c1Cl. The van der Waals surface area contributed by atoms with E-state index in [1.54, 1.807) is 75.4 Å². The monoisotopic (exact) mass is 1790 g/mol. The molecule has 4 aromatic carbocycles. The molecule has 1 fully saturated rings. The van der Waals surface area contributed by atoms with Crippen LogP contribution in [0.25, 0.3) is 99.9 Å². The smallest absolute Gasteiger partial charge is 0.224 e. The highest BCUT2D eigenvalue weighted by Gasteiger charge is 2.29. The molecular formula is C72H59BrCl11N17O8S. The highest BCUT2D eigenvalue weighted by Crippen LogP contribution is 2.52. The Balaban J connectivity index is 0.000000138. The summed E-state index contributed by atoms with van der Waals surface area (Å²) in [6.07, 6.45) is 16.0. The number of ether oxygens (including phenoxy) is 8. The van der Waals surface area contributed by atoms with Crippen molar-refractivity contribution in [1.82, 2.24) is 73.5 Å². The Bertz CT molecular complexity index is 5800. The second-order valence-electron chi connectivity index (χ2n) is 23.6. The van der Waals surface area contributed by atoms with Crippen molar-refractivity contribution in [3.05, 3.63) is 153 Å². The minimum Gasteiger partial charge on any atom is -0.495 e. The lowest BCUT2D eigenvalue weighted by Gasteiger charge is -2.25. The molecule has 4 N–H and O–H groups in total. The molecule has 10 aromatic heterocycles. The number of halogens is 12. The molecule has 0 atom stereocenters. The molecular weight excluding hydrogens is 1730 g/mol. The Hall–Kier alpha value is -8.10. The van der Waals surface area contributed by atoms with Gasteiger partial charge in [-0.2, -0.15) is 15.0 Å². The highest BCUT2D eigenvalue weighted by molar-refractivity contribution is 9.08. The zero-order chi connectivity index (χ0) is 78.7. The first-order chi connectivity index (χ1) is 52.9. The van der Waals surface area contributed by atoms with E-state index in [2.05, 4.69) is 70.7 Å². The molecule has 0 amide bonds. The summed E-state index contributed by atoms with van der Waals surface area (Å²) < 4.78 is 46.7. The summed E-state index contributed by atoms with van der Waals surface area (Å²) in [6, 6.07) is 13.9. The molecule has 1 aliphatic rings. The number of nitrogen functional groups attached to an aromatic ring is 2. The van der Waals surface area contributed by atoms with E-state index in [0.29, 0.717) is 175 Å². The van der Waals surface area contributed by atoms with Gasteiger partial charge in [-0.15, -0.1) is 0 Å². The average molecular weight is 1790 g/mol. The van der Waals surface area contributed by atoms with Gasteiger partial charge in [-0.3, -0.25) is 13.7 Å². The number of hydrogen-bond acceptors (Lipinski definition) is 24. The van der Waals surface area contributed by atoms with E-state index < -0.39 is 0 Å².